The quantitative estimate of drug-likeness (QED) is 0.339. The van der Waals surface area contributed by atoms with Crippen LogP contribution in [0.1, 0.15) is 70.7 Å². The first kappa shape index (κ1) is 32.5. The molecular weight excluding hydrogens is 534 g/mol. The number of alkyl carbamates (subject to hydrolysis) is 1. The summed E-state index contributed by atoms with van der Waals surface area (Å²) in [6, 6.07) is 11.0. The topological polar surface area (TPSA) is 87.7 Å². The normalized spacial score (nSPS) is 13.3. The van der Waals surface area contributed by atoms with Crippen molar-refractivity contribution in [1.82, 2.24) is 10.2 Å². The van der Waals surface area contributed by atoms with Crippen LogP contribution in [0.5, 0.6) is 0 Å². The molecule has 2 aromatic carbocycles. The fourth-order valence-corrected chi connectivity index (χ4v) is 4.97. The second kappa shape index (κ2) is 13.6. The number of ether oxygens (including phenoxy) is 1. The summed E-state index contributed by atoms with van der Waals surface area (Å²) < 4.78 is 5.46. The average molecular weight is 576 g/mol. The molecule has 39 heavy (non-hydrogen) atoms. The third-order valence-corrected chi connectivity index (χ3v) is 6.98. The number of para-hydroxylation sites is 1. The number of benzene rings is 2. The van der Waals surface area contributed by atoms with Crippen LogP contribution in [-0.4, -0.2) is 52.0 Å². The summed E-state index contributed by atoms with van der Waals surface area (Å²) in [7, 11) is 0. The van der Waals surface area contributed by atoms with Crippen molar-refractivity contribution in [2.75, 3.05) is 17.3 Å². The van der Waals surface area contributed by atoms with Crippen LogP contribution in [0.25, 0.3) is 0 Å². The van der Waals surface area contributed by atoms with Crippen molar-refractivity contribution in [3.8, 4) is 0 Å². The predicted octanol–water partition coefficient (Wildman–Crippen LogP) is 6.91. The Balaban J connectivity index is 2.63. The summed E-state index contributed by atoms with van der Waals surface area (Å²) in [4.78, 5) is 42.8. The lowest BCUT2D eigenvalue weighted by molar-refractivity contribution is -0.146. The Bertz CT molecular complexity index is 1150. The lowest BCUT2D eigenvalue weighted by Gasteiger charge is -2.43. The van der Waals surface area contributed by atoms with Crippen molar-refractivity contribution in [2.45, 2.75) is 85.0 Å². The highest BCUT2D eigenvalue weighted by molar-refractivity contribution is 7.98. The number of hydrogen-bond donors (Lipinski definition) is 2. The van der Waals surface area contributed by atoms with E-state index in [2.05, 4.69) is 10.6 Å². The summed E-state index contributed by atoms with van der Waals surface area (Å²) in [5.41, 5.74) is 1.33. The number of carbonyl (C=O) groups excluding carboxylic acids is 3. The van der Waals surface area contributed by atoms with E-state index in [-0.39, 0.29) is 5.91 Å². The molecule has 2 rings (SSSR count). The number of carbonyl (C=O) groups is 3. The number of aryl methyl sites for hydroxylation is 2. The molecule has 214 valence electrons. The number of hydrogen-bond acceptors (Lipinski definition) is 5. The number of nitrogens with one attached hydrogen (secondary N) is 2. The Labute approximate surface area is 242 Å². The molecule has 7 nitrogen and oxygen atoms in total. The summed E-state index contributed by atoms with van der Waals surface area (Å²) in [5.74, 6) is -0.143. The van der Waals surface area contributed by atoms with Gasteiger partial charge < -0.3 is 20.3 Å². The minimum absolute atomic E-state index is 0.373. The van der Waals surface area contributed by atoms with Crippen molar-refractivity contribution < 1.29 is 19.1 Å². The van der Waals surface area contributed by atoms with E-state index in [0.717, 1.165) is 11.1 Å². The Morgan fingerprint density at radius 1 is 0.974 bits per heavy atom. The Kier molecular flexibility index (Phi) is 11.3. The van der Waals surface area contributed by atoms with Gasteiger partial charge in [-0.05, 0) is 96.6 Å². The summed E-state index contributed by atoms with van der Waals surface area (Å²) >= 11 is 8.01. The van der Waals surface area contributed by atoms with Crippen molar-refractivity contribution in [3.63, 3.8) is 0 Å². The van der Waals surface area contributed by atoms with E-state index in [9.17, 15) is 14.4 Å². The van der Waals surface area contributed by atoms with E-state index >= 15 is 0 Å². The van der Waals surface area contributed by atoms with E-state index in [1.165, 1.54) is 0 Å². The van der Waals surface area contributed by atoms with Crippen molar-refractivity contribution in [1.29, 1.82) is 0 Å². The van der Waals surface area contributed by atoms with Gasteiger partial charge in [-0.2, -0.15) is 11.8 Å². The second-order valence-corrected chi connectivity index (χ2v) is 12.9. The standard InChI is InChI=1S/C30H42ClN3O4S/c1-19-13-10-11-15-21(19)25(26(35)33-24-20(2)14-12-16-22(24)31)34(29(3,4)5)27(36)23(17-18-39-9)32-28(37)38-30(6,7)8/h10-16,23,25H,17-18H2,1-9H3,(H,32,37)(H,33,35). The van der Waals surface area contributed by atoms with Crippen LogP contribution in [0.3, 0.4) is 0 Å². The van der Waals surface area contributed by atoms with Gasteiger partial charge in [-0.3, -0.25) is 9.59 Å². The Morgan fingerprint density at radius 2 is 1.59 bits per heavy atom. The van der Waals surface area contributed by atoms with Gasteiger partial charge >= 0.3 is 6.09 Å². The Hall–Kier alpha value is -2.71. The van der Waals surface area contributed by atoms with Crippen LogP contribution in [0.2, 0.25) is 5.02 Å². The highest BCUT2D eigenvalue weighted by atomic mass is 35.5. The fraction of sp³-hybridized carbons (Fsp3) is 0.500. The van der Waals surface area contributed by atoms with Crippen molar-refractivity contribution in [2.24, 2.45) is 0 Å². The summed E-state index contributed by atoms with van der Waals surface area (Å²) in [6.07, 6.45) is 1.63. The maximum absolute atomic E-state index is 14.4. The van der Waals surface area contributed by atoms with E-state index in [4.69, 9.17) is 16.3 Å². The number of amides is 3. The number of rotatable bonds is 9. The average Bonchev–Trinajstić information content (AvgIpc) is 2.80. The largest absolute Gasteiger partial charge is 0.444 e. The van der Waals surface area contributed by atoms with E-state index in [1.54, 1.807) is 43.5 Å². The molecule has 2 unspecified atom stereocenters. The van der Waals surface area contributed by atoms with Gasteiger partial charge in [0.25, 0.3) is 5.91 Å². The van der Waals surface area contributed by atoms with Crippen LogP contribution in [0.15, 0.2) is 42.5 Å². The van der Waals surface area contributed by atoms with Gasteiger partial charge in [-0.15, -0.1) is 0 Å². The maximum Gasteiger partial charge on any atom is 0.408 e. The molecule has 2 aromatic rings. The van der Waals surface area contributed by atoms with Gasteiger partial charge in [0, 0.05) is 5.54 Å². The predicted molar refractivity (Wildman–Crippen MR) is 161 cm³/mol. The second-order valence-electron chi connectivity index (χ2n) is 11.5. The maximum atomic E-state index is 14.4. The molecule has 0 aliphatic carbocycles. The fourth-order valence-electron chi connectivity index (χ4n) is 4.23. The summed E-state index contributed by atoms with van der Waals surface area (Å²) in [5, 5.41) is 6.16. The highest BCUT2D eigenvalue weighted by Gasteiger charge is 2.42. The molecule has 0 saturated heterocycles. The van der Waals surface area contributed by atoms with Gasteiger partial charge in [0.15, 0.2) is 0 Å². The number of halogens is 1. The zero-order chi connectivity index (χ0) is 29.5. The van der Waals surface area contributed by atoms with Gasteiger partial charge in [0.2, 0.25) is 5.91 Å². The molecular formula is C30H42ClN3O4S. The number of anilines is 1. The van der Waals surface area contributed by atoms with E-state index in [1.807, 2.05) is 77.3 Å². The molecule has 0 spiro atoms. The molecule has 9 heteroatoms. The van der Waals surface area contributed by atoms with Crippen LogP contribution in [0, 0.1) is 13.8 Å². The lowest BCUT2D eigenvalue weighted by Crippen LogP contribution is -2.58. The van der Waals surface area contributed by atoms with E-state index in [0.29, 0.717) is 28.4 Å². The smallest absolute Gasteiger partial charge is 0.408 e. The minimum Gasteiger partial charge on any atom is -0.444 e. The van der Waals surface area contributed by atoms with Crippen LogP contribution >= 0.6 is 23.4 Å². The van der Waals surface area contributed by atoms with Crippen LogP contribution in [-0.2, 0) is 14.3 Å². The third-order valence-electron chi connectivity index (χ3n) is 6.02. The molecule has 0 saturated carbocycles. The molecule has 0 aliphatic heterocycles. The summed E-state index contributed by atoms with van der Waals surface area (Å²) in [6.45, 7) is 14.7. The molecule has 2 atom stereocenters. The minimum atomic E-state index is -0.994. The molecule has 0 bridgehead atoms. The molecule has 0 aliphatic rings. The zero-order valence-electron chi connectivity index (χ0n) is 24.5. The van der Waals surface area contributed by atoms with Gasteiger partial charge in [-0.1, -0.05) is 48.0 Å². The third kappa shape index (κ3) is 9.17. The molecule has 2 N–H and O–H groups in total. The first-order valence-electron chi connectivity index (χ1n) is 13.0. The number of nitrogens with zero attached hydrogens (tertiary/aromatic N) is 1. The monoisotopic (exact) mass is 575 g/mol. The zero-order valence-corrected chi connectivity index (χ0v) is 26.0. The van der Waals surface area contributed by atoms with Crippen molar-refractivity contribution in [3.05, 3.63) is 64.2 Å². The Morgan fingerprint density at radius 3 is 2.13 bits per heavy atom. The van der Waals surface area contributed by atoms with Crippen LogP contribution < -0.4 is 10.6 Å². The lowest BCUT2D eigenvalue weighted by atomic mass is 9.92. The number of thioether (sulfide) groups is 1. The molecule has 0 fully saturated rings. The first-order chi connectivity index (χ1) is 18.1. The molecule has 0 heterocycles. The van der Waals surface area contributed by atoms with Crippen LogP contribution in [0.4, 0.5) is 10.5 Å². The molecule has 3 amide bonds. The highest BCUT2D eigenvalue weighted by Crippen LogP contribution is 2.34. The van der Waals surface area contributed by atoms with Crippen molar-refractivity contribution >= 4 is 47.0 Å². The van der Waals surface area contributed by atoms with Gasteiger partial charge in [0.1, 0.15) is 17.7 Å². The SMILES string of the molecule is CSCCC(NC(=O)OC(C)(C)C)C(=O)N(C(C(=O)Nc1c(C)cccc1Cl)c1ccccc1C)C(C)(C)C. The van der Waals surface area contributed by atoms with Gasteiger partial charge in [0.05, 0.1) is 10.7 Å². The van der Waals surface area contributed by atoms with Gasteiger partial charge in [-0.25, -0.2) is 4.79 Å². The van der Waals surface area contributed by atoms with E-state index < -0.39 is 35.2 Å². The molecule has 0 aromatic heterocycles. The molecule has 0 radical (unpaired) electrons. The first-order valence-corrected chi connectivity index (χ1v) is 14.8.